The van der Waals surface area contributed by atoms with Crippen LogP contribution in [0.25, 0.3) is 0 Å². The van der Waals surface area contributed by atoms with E-state index < -0.39 is 5.60 Å². The van der Waals surface area contributed by atoms with Crippen molar-refractivity contribution in [3.63, 3.8) is 0 Å². The van der Waals surface area contributed by atoms with Crippen LogP contribution in [-0.2, 0) is 5.60 Å². The van der Waals surface area contributed by atoms with Crippen molar-refractivity contribution >= 4 is 0 Å². The highest BCUT2D eigenvalue weighted by atomic mass is 16.5. The van der Waals surface area contributed by atoms with Crippen LogP contribution in [0.5, 0.6) is 5.75 Å². The lowest BCUT2D eigenvalue weighted by molar-refractivity contribution is -0.0385. The quantitative estimate of drug-likeness (QED) is 0.888. The van der Waals surface area contributed by atoms with Crippen molar-refractivity contribution in [2.24, 2.45) is 11.8 Å². The number of aliphatic hydroxyl groups is 1. The van der Waals surface area contributed by atoms with Crippen LogP contribution in [-0.4, -0.2) is 11.2 Å². The van der Waals surface area contributed by atoms with Crippen molar-refractivity contribution < 1.29 is 9.84 Å². The second kappa shape index (κ2) is 5.54. The van der Waals surface area contributed by atoms with E-state index in [4.69, 9.17) is 4.74 Å². The summed E-state index contributed by atoms with van der Waals surface area (Å²) in [7, 11) is 0. The molecule has 106 valence electrons. The smallest absolute Gasteiger partial charge is 0.125 e. The predicted octanol–water partition coefficient (Wildman–Crippen LogP) is 4.12. The van der Waals surface area contributed by atoms with E-state index >= 15 is 0 Å². The zero-order valence-electron chi connectivity index (χ0n) is 12.5. The molecule has 1 N–H and O–H groups in total. The van der Waals surface area contributed by atoms with Crippen molar-refractivity contribution in [2.45, 2.75) is 58.7 Å². The molecule has 2 rings (SSSR count). The van der Waals surface area contributed by atoms with Crippen LogP contribution < -0.4 is 4.74 Å². The predicted molar refractivity (Wildman–Crippen MR) is 78.3 cm³/mol. The van der Waals surface area contributed by atoms with Gasteiger partial charge in [-0.25, -0.2) is 0 Å². The molecule has 0 aromatic heterocycles. The van der Waals surface area contributed by atoms with Gasteiger partial charge >= 0.3 is 0 Å². The van der Waals surface area contributed by atoms with E-state index in [1.807, 2.05) is 38.1 Å². The fourth-order valence-corrected chi connectivity index (χ4v) is 3.52. The lowest BCUT2D eigenvalue weighted by atomic mass is 9.70. The van der Waals surface area contributed by atoms with Gasteiger partial charge in [0.25, 0.3) is 0 Å². The molecular formula is C17H26O2. The van der Waals surface area contributed by atoms with E-state index in [0.29, 0.717) is 11.8 Å². The molecule has 0 spiro atoms. The first-order valence-corrected chi connectivity index (χ1v) is 7.39. The third-order valence-corrected chi connectivity index (χ3v) is 3.93. The SMILES string of the molecule is CC1CC(C)CC(O)(c2ccccc2OC(C)C)C1. The standard InChI is InChI=1S/C17H26O2/c1-12(2)19-16-8-6-5-7-15(16)17(18)10-13(3)9-14(4)11-17/h5-8,12-14,18H,9-11H2,1-4H3. The summed E-state index contributed by atoms with van der Waals surface area (Å²) in [5, 5.41) is 11.1. The Bertz CT molecular complexity index is 415. The summed E-state index contributed by atoms with van der Waals surface area (Å²) in [6.07, 6.45) is 2.99. The molecule has 1 aliphatic carbocycles. The fourth-order valence-electron chi connectivity index (χ4n) is 3.52. The summed E-state index contributed by atoms with van der Waals surface area (Å²) in [4.78, 5) is 0. The number of rotatable bonds is 3. The number of hydrogen-bond donors (Lipinski definition) is 1. The molecule has 2 nitrogen and oxygen atoms in total. The number of para-hydroxylation sites is 1. The van der Waals surface area contributed by atoms with Crippen molar-refractivity contribution in [1.82, 2.24) is 0 Å². The summed E-state index contributed by atoms with van der Waals surface area (Å²) in [6.45, 7) is 8.50. The van der Waals surface area contributed by atoms with Gasteiger partial charge < -0.3 is 9.84 Å². The van der Waals surface area contributed by atoms with Gasteiger partial charge in [-0.1, -0.05) is 32.0 Å². The Morgan fingerprint density at radius 2 is 1.74 bits per heavy atom. The van der Waals surface area contributed by atoms with Crippen molar-refractivity contribution in [3.05, 3.63) is 29.8 Å². The Morgan fingerprint density at radius 1 is 1.16 bits per heavy atom. The molecule has 1 saturated carbocycles. The maximum atomic E-state index is 11.1. The summed E-state index contributed by atoms with van der Waals surface area (Å²) < 4.78 is 5.87. The molecule has 2 unspecified atom stereocenters. The Balaban J connectivity index is 2.34. The highest BCUT2D eigenvalue weighted by Crippen LogP contribution is 2.45. The molecule has 1 fully saturated rings. The molecule has 19 heavy (non-hydrogen) atoms. The largest absolute Gasteiger partial charge is 0.491 e. The van der Waals surface area contributed by atoms with E-state index in [-0.39, 0.29) is 6.10 Å². The Morgan fingerprint density at radius 3 is 2.32 bits per heavy atom. The molecule has 0 bridgehead atoms. The van der Waals surface area contributed by atoms with E-state index in [1.165, 1.54) is 6.42 Å². The van der Waals surface area contributed by atoms with Crippen LogP contribution in [0, 0.1) is 11.8 Å². The second-order valence-corrected chi connectivity index (χ2v) is 6.55. The van der Waals surface area contributed by atoms with Crippen LogP contribution in [0.2, 0.25) is 0 Å². The molecular weight excluding hydrogens is 236 g/mol. The summed E-state index contributed by atoms with van der Waals surface area (Å²) in [5.74, 6) is 1.95. The monoisotopic (exact) mass is 262 g/mol. The number of benzene rings is 1. The molecule has 1 aromatic rings. The van der Waals surface area contributed by atoms with E-state index in [2.05, 4.69) is 13.8 Å². The Labute approximate surface area is 116 Å². The molecule has 0 aliphatic heterocycles. The average Bonchev–Trinajstić information content (AvgIpc) is 2.26. The van der Waals surface area contributed by atoms with Gasteiger partial charge in [0.05, 0.1) is 11.7 Å². The summed E-state index contributed by atoms with van der Waals surface area (Å²) in [5.41, 5.74) is 0.227. The lowest BCUT2D eigenvalue weighted by Gasteiger charge is -2.40. The first-order chi connectivity index (χ1) is 8.90. The van der Waals surface area contributed by atoms with Crippen molar-refractivity contribution in [1.29, 1.82) is 0 Å². The molecule has 0 saturated heterocycles. The first kappa shape index (κ1) is 14.4. The van der Waals surface area contributed by atoms with Gasteiger partial charge in [-0.05, 0) is 51.0 Å². The topological polar surface area (TPSA) is 29.5 Å². The lowest BCUT2D eigenvalue weighted by Crippen LogP contribution is -2.36. The van der Waals surface area contributed by atoms with Gasteiger partial charge in [-0.2, -0.15) is 0 Å². The van der Waals surface area contributed by atoms with Crippen LogP contribution in [0.3, 0.4) is 0 Å². The Hall–Kier alpha value is -1.02. The first-order valence-electron chi connectivity index (χ1n) is 7.39. The highest BCUT2D eigenvalue weighted by molar-refractivity contribution is 5.38. The van der Waals surface area contributed by atoms with Crippen LogP contribution in [0.15, 0.2) is 24.3 Å². The van der Waals surface area contributed by atoms with Gasteiger partial charge in [-0.15, -0.1) is 0 Å². The van der Waals surface area contributed by atoms with Gasteiger partial charge in [0.15, 0.2) is 0 Å². The van der Waals surface area contributed by atoms with Crippen LogP contribution in [0.4, 0.5) is 0 Å². The summed E-state index contributed by atoms with van der Waals surface area (Å²) in [6, 6.07) is 7.95. The normalized spacial score (nSPS) is 31.5. The summed E-state index contributed by atoms with van der Waals surface area (Å²) >= 11 is 0. The number of ether oxygens (including phenoxy) is 1. The van der Waals surface area contributed by atoms with Crippen LogP contribution in [0.1, 0.15) is 52.5 Å². The van der Waals surface area contributed by atoms with E-state index in [0.717, 1.165) is 24.2 Å². The van der Waals surface area contributed by atoms with Gasteiger partial charge in [0, 0.05) is 5.56 Å². The molecule has 1 aromatic carbocycles. The minimum atomic E-state index is -0.734. The van der Waals surface area contributed by atoms with Crippen molar-refractivity contribution in [3.8, 4) is 5.75 Å². The third-order valence-electron chi connectivity index (χ3n) is 3.93. The minimum Gasteiger partial charge on any atom is -0.491 e. The molecule has 1 aliphatic rings. The maximum absolute atomic E-state index is 11.1. The third kappa shape index (κ3) is 3.30. The Kier molecular flexibility index (Phi) is 4.19. The zero-order valence-corrected chi connectivity index (χ0v) is 12.5. The average molecular weight is 262 g/mol. The van der Waals surface area contributed by atoms with Gasteiger partial charge in [-0.3, -0.25) is 0 Å². The molecule has 0 radical (unpaired) electrons. The molecule has 2 heteroatoms. The number of hydrogen-bond acceptors (Lipinski definition) is 2. The van der Waals surface area contributed by atoms with Crippen LogP contribution >= 0.6 is 0 Å². The highest BCUT2D eigenvalue weighted by Gasteiger charge is 2.39. The van der Waals surface area contributed by atoms with Crippen molar-refractivity contribution in [2.75, 3.05) is 0 Å². The molecule has 0 heterocycles. The van der Waals surface area contributed by atoms with Gasteiger partial charge in [0.2, 0.25) is 0 Å². The van der Waals surface area contributed by atoms with E-state index in [9.17, 15) is 5.11 Å². The fraction of sp³-hybridized carbons (Fsp3) is 0.647. The van der Waals surface area contributed by atoms with E-state index in [1.54, 1.807) is 0 Å². The maximum Gasteiger partial charge on any atom is 0.125 e. The molecule has 0 amide bonds. The second-order valence-electron chi connectivity index (χ2n) is 6.55. The zero-order chi connectivity index (χ0) is 14.0. The minimum absolute atomic E-state index is 0.128. The molecule has 2 atom stereocenters. The van der Waals surface area contributed by atoms with Gasteiger partial charge in [0.1, 0.15) is 5.75 Å².